The molecule has 6 heteroatoms. The lowest BCUT2D eigenvalue weighted by atomic mass is 9.51. The van der Waals surface area contributed by atoms with E-state index in [0.717, 1.165) is 28.4 Å². The molecule has 1 N–H and O–H groups in total. The fourth-order valence-corrected chi connectivity index (χ4v) is 5.71. The van der Waals surface area contributed by atoms with Gasteiger partial charge in [0.2, 0.25) is 0 Å². The Balaban J connectivity index is 1.79. The van der Waals surface area contributed by atoms with Crippen molar-refractivity contribution in [2.24, 2.45) is 11.3 Å². The first-order valence-corrected chi connectivity index (χ1v) is 11.4. The van der Waals surface area contributed by atoms with Crippen molar-refractivity contribution in [1.82, 2.24) is 0 Å². The predicted molar refractivity (Wildman–Crippen MR) is 127 cm³/mol. The first kappa shape index (κ1) is 22.3. The molecule has 0 aromatic heterocycles. The molecule has 5 nitrogen and oxygen atoms in total. The van der Waals surface area contributed by atoms with Gasteiger partial charge in [0.05, 0.1) is 18.2 Å². The number of halogens is 1. The number of carbonyl (C=O) groups is 2. The van der Waals surface area contributed by atoms with Gasteiger partial charge in [0.25, 0.3) is 5.91 Å². The van der Waals surface area contributed by atoms with Gasteiger partial charge in [0, 0.05) is 21.0 Å². The van der Waals surface area contributed by atoms with Gasteiger partial charge in [-0.2, -0.15) is 5.26 Å². The minimum Gasteiger partial charge on any atom is -0.496 e. The number of ether oxygens (including phenoxy) is 1. The van der Waals surface area contributed by atoms with Crippen LogP contribution in [-0.4, -0.2) is 18.8 Å². The monoisotopic (exact) mass is 492 g/mol. The quantitative estimate of drug-likeness (QED) is 0.605. The second-order valence-corrected chi connectivity index (χ2v) is 10.2. The maximum absolute atomic E-state index is 13.1. The molecular weight excluding hydrogens is 468 g/mol. The van der Waals surface area contributed by atoms with Crippen molar-refractivity contribution in [3.05, 3.63) is 69.2 Å². The van der Waals surface area contributed by atoms with Crippen molar-refractivity contribution in [3.8, 4) is 11.8 Å². The van der Waals surface area contributed by atoms with Crippen molar-refractivity contribution in [3.63, 3.8) is 0 Å². The molecular formula is C26H25BrN2O3. The normalized spacial score (nSPS) is 23.3. The summed E-state index contributed by atoms with van der Waals surface area (Å²) >= 11 is 3.40. The van der Waals surface area contributed by atoms with E-state index in [9.17, 15) is 14.9 Å². The molecule has 0 unspecified atom stereocenters. The number of amides is 1. The molecule has 2 aliphatic rings. The van der Waals surface area contributed by atoms with Crippen LogP contribution >= 0.6 is 15.9 Å². The van der Waals surface area contributed by atoms with Gasteiger partial charge in [-0.15, -0.1) is 0 Å². The van der Waals surface area contributed by atoms with Crippen LogP contribution in [0.1, 0.15) is 48.7 Å². The average Bonchev–Trinajstić information content (AvgIpc) is 2.77. The number of fused-ring (bicyclic) bond motifs is 3. The third kappa shape index (κ3) is 3.45. The molecule has 0 saturated heterocycles. The maximum Gasteiger partial charge on any atom is 0.259 e. The van der Waals surface area contributed by atoms with Gasteiger partial charge in [-0.25, -0.2) is 0 Å². The number of allylic oxidation sites excluding steroid dienone is 2. The third-order valence-corrected chi connectivity index (χ3v) is 7.57. The SMILES string of the molecule is COc1cc2c(cc1C(=O)Nc1ccc(Br)cc1)CC[C@H]1C(C)(C)C(=O)C(C#N)=C[C@]21C. The summed E-state index contributed by atoms with van der Waals surface area (Å²) in [7, 11) is 1.55. The zero-order valence-electron chi connectivity index (χ0n) is 18.6. The molecule has 2 atom stereocenters. The van der Waals surface area contributed by atoms with Crippen molar-refractivity contribution >= 4 is 33.3 Å². The molecule has 164 valence electrons. The van der Waals surface area contributed by atoms with E-state index in [0.29, 0.717) is 17.0 Å². The second kappa shape index (κ2) is 7.90. The lowest BCUT2D eigenvalue weighted by Gasteiger charge is -2.51. The van der Waals surface area contributed by atoms with E-state index in [1.165, 1.54) is 0 Å². The molecule has 1 amide bonds. The largest absolute Gasteiger partial charge is 0.496 e. The lowest BCUT2D eigenvalue weighted by molar-refractivity contribution is -0.128. The number of anilines is 1. The molecule has 0 spiro atoms. The topological polar surface area (TPSA) is 79.2 Å². The summed E-state index contributed by atoms with van der Waals surface area (Å²) in [5, 5.41) is 12.5. The number of aryl methyl sites for hydroxylation is 1. The fourth-order valence-electron chi connectivity index (χ4n) is 5.44. The molecule has 2 aromatic carbocycles. The van der Waals surface area contributed by atoms with Crippen molar-refractivity contribution in [1.29, 1.82) is 5.26 Å². The van der Waals surface area contributed by atoms with E-state index in [2.05, 4.69) is 34.2 Å². The van der Waals surface area contributed by atoms with E-state index in [1.54, 1.807) is 7.11 Å². The van der Waals surface area contributed by atoms with Crippen LogP contribution in [0.25, 0.3) is 0 Å². The van der Waals surface area contributed by atoms with Crippen LogP contribution in [0.15, 0.2) is 52.5 Å². The van der Waals surface area contributed by atoms with Gasteiger partial charge in [0.15, 0.2) is 5.78 Å². The average molecular weight is 493 g/mol. The molecule has 0 fully saturated rings. The van der Waals surface area contributed by atoms with Crippen LogP contribution in [0, 0.1) is 22.7 Å². The summed E-state index contributed by atoms with van der Waals surface area (Å²) in [5.41, 5.74) is 2.29. The number of benzene rings is 2. The Morgan fingerprint density at radius 1 is 1.22 bits per heavy atom. The van der Waals surface area contributed by atoms with Gasteiger partial charge in [-0.3, -0.25) is 9.59 Å². The van der Waals surface area contributed by atoms with Crippen LogP contribution in [0.4, 0.5) is 5.69 Å². The molecule has 0 saturated carbocycles. The third-order valence-electron chi connectivity index (χ3n) is 7.04. The van der Waals surface area contributed by atoms with Crippen molar-refractivity contribution in [2.75, 3.05) is 12.4 Å². The van der Waals surface area contributed by atoms with E-state index >= 15 is 0 Å². The molecule has 0 heterocycles. The maximum atomic E-state index is 13.1. The molecule has 0 aliphatic heterocycles. The minimum atomic E-state index is -0.642. The summed E-state index contributed by atoms with van der Waals surface area (Å²) in [5.74, 6) is 0.191. The van der Waals surface area contributed by atoms with Crippen LogP contribution in [0.5, 0.6) is 5.75 Å². The fraction of sp³-hybridized carbons (Fsp3) is 0.346. The number of hydrogen-bond donors (Lipinski definition) is 1. The number of nitrogens with zero attached hydrogens (tertiary/aromatic N) is 1. The van der Waals surface area contributed by atoms with Gasteiger partial charge >= 0.3 is 0 Å². The number of Topliss-reactive ketones (excluding diaryl/α,β-unsaturated/α-hetero) is 1. The van der Waals surface area contributed by atoms with Crippen LogP contribution in [0.3, 0.4) is 0 Å². The van der Waals surface area contributed by atoms with Crippen LogP contribution in [0.2, 0.25) is 0 Å². The Kier molecular flexibility index (Phi) is 5.50. The highest BCUT2D eigenvalue weighted by atomic mass is 79.9. The van der Waals surface area contributed by atoms with Gasteiger partial charge in [-0.1, -0.05) is 42.8 Å². The molecule has 32 heavy (non-hydrogen) atoms. The number of ketones is 1. The Bertz CT molecular complexity index is 1190. The van der Waals surface area contributed by atoms with E-state index < -0.39 is 10.8 Å². The number of hydrogen-bond acceptors (Lipinski definition) is 4. The second-order valence-electron chi connectivity index (χ2n) is 9.27. The van der Waals surface area contributed by atoms with E-state index in [-0.39, 0.29) is 23.2 Å². The summed E-state index contributed by atoms with van der Waals surface area (Å²) in [4.78, 5) is 25.9. The molecule has 4 rings (SSSR count). The van der Waals surface area contributed by atoms with E-state index in [1.807, 2.05) is 56.3 Å². The van der Waals surface area contributed by atoms with Crippen molar-refractivity contribution in [2.45, 2.75) is 39.0 Å². The summed E-state index contributed by atoms with van der Waals surface area (Å²) in [6, 6.07) is 13.3. The van der Waals surface area contributed by atoms with Gasteiger partial charge in [0.1, 0.15) is 11.8 Å². The predicted octanol–water partition coefficient (Wildman–Crippen LogP) is 5.59. The lowest BCUT2D eigenvalue weighted by Crippen LogP contribution is -2.51. The standard InChI is InChI=1S/C26H25BrN2O3/c1-25(2)22-10-5-15-11-19(24(31)29-18-8-6-17(27)7-9-18)21(32-4)12-20(15)26(22,3)13-16(14-28)23(25)30/h6-9,11-13,22H,5,10H2,1-4H3,(H,29,31)/t22-,26+/m0/s1. The van der Waals surface area contributed by atoms with Gasteiger partial charge < -0.3 is 10.1 Å². The minimum absolute atomic E-state index is 0.0549. The number of nitrogens with one attached hydrogen (secondary N) is 1. The van der Waals surface area contributed by atoms with Crippen molar-refractivity contribution < 1.29 is 14.3 Å². The number of methoxy groups -OCH3 is 1. The van der Waals surface area contributed by atoms with Crippen LogP contribution < -0.4 is 10.1 Å². The number of rotatable bonds is 3. The first-order chi connectivity index (χ1) is 15.1. The smallest absolute Gasteiger partial charge is 0.259 e. The molecule has 2 aliphatic carbocycles. The van der Waals surface area contributed by atoms with Gasteiger partial charge in [-0.05, 0) is 66.3 Å². The van der Waals surface area contributed by atoms with Crippen LogP contribution in [-0.2, 0) is 16.6 Å². The highest BCUT2D eigenvalue weighted by molar-refractivity contribution is 9.10. The number of nitriles is 1. The summed E-state index contributed by atoms with van der Waals surface area (Å²) in [6.07, 6.45) is 3.38. The summed E-state index contributed by atoms with van der Waals surface area (Å²) in [6.45, 7) is 5.96. The Labute approximate surface area is 196 Å². The Morgan fingerprint density at radius 2 is 1.91 bits per heavy atom. The molecule has 2 aromatic rings. The van der Waals surface area contributed by atoms with E-state index in [4.69, 9.17) is 4.74 Å². The molecule has 0 bridgehead atoms. The number of carbonyl (C=O) groups excluding carboxylic acids is 2. The Morgan fingerprint density at radius 3 is 2.53 bits per heavy atom. The molecule has 0 radical (unpaired) electrons. The summed E-state index contributed by atoms with van der Waals surface area (Å²) < 4.78 is 6.55. The zero-order chi connectivity index (χ0) is 23.3. The highest BCUT2D eigenvalue weighted by Gasteiger charge is 2.54. The highest BCUT2D eigenvalue weighted by Crippen LogP contribution is 2.55. The zero-order valence-corrected chi connectivity index (χ0v) is 20.2. The Hall–Kier alpha value is -2.91. The first-order valence-electron chi connectivity index (χ1n) is 10.6.